The Labute approximate surface area is 170 Å². The molecule has 1 aromatic heterocycles. The molecule has 0 bridgehead atoms. The SMILES string of the molecule is COCc1ccc(CNC(=O)CSc2nccn2-c2cc(C)cc(C)c2)cc1. The van der Waals surface area contributed by atoms with Gasteiger partial charge in [-0.2, -0.15) is 0 Å². The van der Waals surface area contributed by atoms with Gasteiger partial charge in [0.25, 0.3) is 0 Å². The van der Waals surface area contributed by atoms with E-state index in [1.54, 1.807) is 13.3 Å². The molecule has 3 rings (SSSR count). The number of methoxy groups -OCH3 is 1. The molecule has 3 aromatic rings. The van der Waals surface area contributed by atoms with Crippen LogP contribution >= 0.6 is 11.8 Å². The van der Waals surface area contributed by atoms with Crippen molar-refractivity contribution in [2.45, 2.75) is 32.2 Å². The van der Waals surface area contributed by atoms with Crippen molar-refractivity contribution in [2.24, 2.45) is 0 Å². The minimum Gasteiger partial charge on any atom is -0.380 e. The molecule has 0 aliphatic heterocycles. The van der Waals surface area contributed by atoms with Crippen LogP contribution in [-0.2, 0) is 22.7 Å². The number of rotatable bonds is 8. The number of amides is 1. The van der Waals surface area contributed by atoms with E-state index >= 15 is 0 Å². The molecule has 2 aromatic carbocycles. The summed E-state index contributed by atoms with van der Waals surface area (Å²) >= 11 is 1.44. The second kappa shape index (κ2) is 9.57. The first-order chi connectivity index (χ1) is 13.5. The van der Waals surface area contributed by atoms with Crippen LogP contribution in [-0.4, -0.2) is 28.3 Å². The van der Waals surface area contributed by atoms with Gasteiger partial charge in [-0.3, -0.25) is 9.36 Å². The van der Waals surface area contributed by atoms with Crippen molar-refractivity contribution in [3.63, 3.8) is 0 Å². The standard InChI is InChI=1S/C22H25N3O2S/c1-16-10-17(2)12-20(11-16)25-9-8-23-22(25)28-15-21(26)24-13-18-4-6-19(7-5-18)14-27-3/h4-12H,13-15H2,1-3H3,(H,24,26). The second-order valence-electron chi connectivity index (χ2n) is 6.74. The van der Waals surface area contributed by atoms with Crippen LogP contribution in [0.25, 0.3) is 5.69 Å². The van der Waals surface area contributed by atoms with Crippen LogP contribution in [0.3, 0.4) is 0 Å². The summed E-state index contributed by atoms with van der Waals surface area (Å²) < 4.78 is 7.13. The fourth-order valence-corrected chi connectivity index (χ4v) is 3.79. The number of aryl methyl sites for hydroxylation is 2. The Balaban J connectivity index is 1.54. The van der Waals surface area contributed by atoms with E-state index in [1.165, 1.54) is 22.9 Å². The van der Waals surface area contributed by atoms with Gasteiger partial charge in [-0.1, -0.05) is 42.1 Å². The molecule has 0 fully saturated rings. The Bertz CT molecular complexity index is 915. The van der Waals surface area contributed by atoms with E-state index in [0.717, 1.165) is 22.0 Å². The quantitative estimate of drug-likeness (QED) is 0.585. The van der Waals surface area contributed by atoms with E-state index in [4.69, 9.17) is 4.74 Å². The van der Waals surface area contributed by atoms with Crippen molar-refractivity contribution in [3.05, 3.63) is 77.1 Å². The van der Waals surface area contributed by atoms with Crippen molar-refractivity contribution in [2.75, 3.05) is 12.9 Å². The fourth-order valence-electron chi connectivity index (χ4n) is 2.98. The highest BCUT2D eigenvalue weighted by Crippen LogP contribution is 2.22. The number of nitrogens with zero attached hydrogens (tertiary/aromatic N) is 2. The number of ether oxygens (including phenoxy) is 1. The Morgan fingerprint density at radius 3 is 2.46 bits per heavy atom. The molecule has 28 heavy (non-hydrogen) atoms. The van der Waals surface area contributed by atoms with E-state index in [0.29, 0.717) is 18.9 Å². The fraction of sp³-hybridized carbons (Fsp3) is 0.273. The van der Waals surface area contributed by atoms with E-state index < -0.39 is 0 Å². The van der Waals surface area contributed by atoms with Crippen molar-refractivity contribution in [1.29, 1.82) is 0 Å². The molecule has 0 unspecified atom stereocenters. The number of aromatic nitrogens is 2. The highest BCUT2D eigenvalue weighted by atomic mass is 32.2. The summed E-state index contributed by atoms with van der Waals surface area (Å²) in [5, 5.41) is 3.77. The molecule has 6 heteroatoms. The van der Waals surface area contributed by atoms with Gasteiger partial charge < -0.3 is 10.1 Å². The average molecular weight is 396 g/mol. The third-order valence-electron chi connectivity index (χ3n) is 4.25. The Morgan fingerprint density at radius 2 is 1.79 bits per heavy atom. The topological polar surface area (TPSA) is 56.1 Å². The highest BCUT2D eigenvalue weighted by molar-refractivity contribution is 7.99. The summed E-state index contributed by atoms with van der Waals surface area (Å²) in [4.78, 5) is 16.7. The number of hydrogen-bond donors (Lipinski definition) is 1. The van der Waals surface area contributed by atoms with Gasteiger partial charge in [-0.15, -0.1) is 0 Å². The molecule has 0 atom stereocenters. The monoisotopic (exact) mass is 395 g/mol. The Morgan fingerprint density at radius 1 is 1.11 bits per heavy atom. The van der Waals surface area contributed by atoms with Crippen LogP contribution in [0, 0.1) is 13.8 Å². The number of nitrogens with one attached hydrogen (secondary N) is 1. The molecule has 1 heterocycles. The maximum Gasteiger partial charge on any atom is 0.230 e. The molecular formula is C22H25N3O2S. The van der Waals surface area contributed by atoms with E-state index in [2.05, 4.69) is 42.3 Å². The van der Waals surface area contributed by atoms with Crippen LogP contribution in [0.1, 0.15) is 22.3 Å². The summed E-state index contributed by atoms with van der Waals surface area (Å²) in [6, 6.07) is 14.4. The van der Waals surface area contributed by atoms with Crippen molar-refractivity contribution >= 4 is 17.7 Å². The van der Waals surface area contributed by atoms with E-state index in [1.807, 2.05) is 35.0 Å². The molecule has 0 saturated heterocycles. The molecule has 0 saturated carbocycles. The highest BCUT2D eigenvalue weighted by Gasteiger charge is 2.10. The first-order valence-corrected chi connectivity index (χ1v) is 10.1. The third kappa shape index (κ3) is 5.47. The molecular weight excluding hydrogens is 370 g/mol. The van der Waals surface area contributed by atoms with E-state index in [-0.39, 0.29) is 5.91 Å². The first-order valence-electron chi connectivity index (χ1n) is 9.13. The molecule has 1 N–H and O–H groups in total. The average Bonchev–Trinajstić information content (AvgIpc) is 3.14. The predicted octanol–water partition coefficient (Wildman–Crippen LogP) is 4.04. The van der Waals surface area contributed by atoms with Gasteiger partial charge in [0, 0.05) is 31.7 Å². The number of thioether (sulfide) groups is 1. The van der Waals surface area contributed by atoms with Gasteiger partial charge in [-0.05, 0) is 48.2 Å². The molecule has 0 spiro atoms. The largest absolute Gasteiger partial charge is 0.380 e. The lowest BCUT2D eigenvalue weighted by molar-refractivity contribution is -0.118. The van der Waals surface area contributed by atoms with Gasteiger partial charge >= 0.3 is 0 Å². The minimum absolute atomic E-state index is 0.0130. The predicted molar refractivity (Wildman–Crippen MR) is 113 cm³/mol. The zero-order valence-electron chi connectivity index (χ0n) is 16.4. The number of carbonyl (C=O) groups is 1. The van der Waals surface area contributed by atoms with Gasteiger partial charge in [-0.25, -0.2) is 4.98 Å². The molecule has 1 amide bonds. The lowest BCUT2D eigenvalue weighted by Gasteiger charge is -2.10. The van der Waals surface area contributed by atoms with Crippen LogP contribution in [0.2, 0.25) is 0 Å². The smallest absolute Gasteiger partial charge is 0.230 e. The van der Waals surface area contributed by atoms with Gasteiger partial charge in [0.15, 0.2) is 5.16 Å². The maximum absolute atomic E-state index is 12.2. The molecule has 0 radical (unpaired) electrons. The molecule has 146 valence electrons. The summed E-state index contributed by atoms with van der Waals surface area (Å²) in [7, 11) is 1.68. The zero-order valence-corrected chi connectivity index (χ0v) is 17.3. The normalized spacial score (nSPS) is 10.8. The van der Waals surface area contributed by atoms with Crippen LogP contribution in [0.4, 0.5) is 0 Å². The van der Waals surface area contributed by atoms with Gasteiger partial charge in [0.1, 0.15) is 0 Å². The number of benzene rings is 2. The second-order valence-corrected chi connectivity index (χ2v) is 7.68. The molecule has 0 aliphatic rings. The van der Waals surface area contributed by atoms with Gasteiger partial charge in [0.2, 0.25) is 5.91 Å². The number of carbonyl (C=O) groups excluding carboxylic acids is 1. The Hall–Kier alpha value is -2.57. The van der Waals surface area contributed by atoms with Crippen LogP contribution < -0.4 is 5.32 Å². The first kappa shape index (κ1) is 20.2. The lowest BCUT2D eigenvalue weighted by atomic mass is 10.1. The lowest BCUT2D eigenvalue weighted by Crippen LogP contribution is -2.24. The Kier molecular flexibility index (Phi) is 6.90. The van der Waals surface area contributed by atoms with E-state index in [9.17, 15) is 4.79 Å². The number of imidazole rings is 1. The van der Waals surface area contributed by atoms with Gasteiger partial charge in [0.05, 0.1) is 12.4 Å². The maximum atomic E-state index is 12.2. The van der Waals surface area contributed by atoms with Crippen molar-refractivity contribution < 1.29 is 9.53 Å². The van der Waals surface area contributed by atoms with Crippen LogP contribution in [0.15, 0.2) is 60.0 Å². The summed E-state index contributed by atoms with van der Waals surface area (Å²) in [5.41, 5.74) is 5.65. The van der Waals surface area contributed by atoms with Crippen molar-refractivity contribution in [1.82, 2.24) is 14.9 Å². The summed E-state index contributed by atoms with van der Waals surface area (Å²) in [5.74, 6) is 0.310. The third-order valence-corrected chi connectivity index (χ3v) is 5.21. The summed E-state index contributed by atoms with van der Waals surface area (Å²) in [6.45, 7) is 5.26. The zero-order chi connectivity index (χ0) is 19.9. The minimum atomic E-state index is -0.0130. The van der Waals surface area contributed by atoms with Crippen molar-refractivity contribution in [3.8, 4) is 5.69 Å². The number of hydrogen-bond acceptors (Lipinski definition) is 4. The van der Waals surface area contributed by atoms with Crippen LogP contribution in [0.5, 0.6) is 0 Å². The summed E-state index contributed by atoms with van der Waals surface area (Å²) in [6.07, 6.45) is 3.69. The molecule has 0 aliphatic carbocycles. The molecule has 5 nitrogen and oxygen atoms in total.